The molecule has 2 N–H and O–H groups in total. The molecule has 30 heavy (non-hydrogen) atoms. The Morgan fingerprint density at radius 2 is 1.57 bits per heavy atom. The molecular formula is C24H42N6. The van der Waals surface area contributed by atoms with E-state index in [1.54, 1.807) is 0 Å². The molecule has 0 radical (unpaired) electrons. The van der Waals surface area contributed by atoms with Gasteiger partial charge in [0.25, 0.3) is 0 Å². The molecule has 0 amide bonds. The molecule has 1 aromatic rings. The van der Waals surface area contributed by atoms with Crippen molar-refractivity contribution in [2.24, 2.45) is 4.99 Å². The van der Waals surface area contributed by atoms with Crippen LogP contribution in [0, 0.1) is 0 Å². The molecule has 0 spiro atoms. The van der Waals surface area contributed by atoms with Gasteiger partial charge in [-0.1, -0.05) is 24.3 Å². The summed E-state index contributed by atoms with van der Waals surface area (Å²) in [5.74, 6) is 0.929. The number of nitrogens with one attached hydrogen (secondary N) is 2. The van der Waals surface area contributed by atoms with E-state index in [9.17, 15) is 0 Å². The van der Waals surface area contributed by atoms with Crippen LogP contribution in [0.2, 0.25) is 0 Å². The smallest absolute Gasteiger partial charge is 0.191 e. The van der Waals surface area contributed by atoms with Gasteiger partial charge < -0.3 is 20.4 Å². The molecule has 1 aromatic carbocycles. The molecule has 0 aromatic heterocycles. The predicted octanol–water partition coefficient (Wildman–Crippen LogP) is 2.37. The fraction of sp³-hybridized carbons (Fsp3) is 0.708. The van der Waals surface area contributed by atoms with E-state index in [0.29, 0.717) is 0 Å². The van der Waals surface area contributed by atoms with Gasteiger partial charge >= 0.3 is 0 Å². The van der Waals surface area contributed by atoms with Gasteiger partial charge in [0.2, 0.25) is 0 Å². The summed E-state index contributed by atoms with van der Waals surface area (Å²) < 4.78 is 0. The van der Waals surface area contributed by atoms with Gasteiger partial charge in [-0.25, -0.2) is 4.99 Å². The van der Waals surface area contributed by atoms with Crippen molar-refractivity contribution >= 4 is 5.96 Å². The number of likely N-dealkylation sites (N-methyl/N-ethyl adjacent to an activating group) is 1. The van der Waals surface area contributed by atoms with Crippen LogP contribution in [0.4, 0.5) is 0 Å². The summed E-state index contributed by atoms with van der Waals surface area (Å²) in [6.45, 7) is 14.3. The number of aliphatic imine (C=N–C) groups is 1. The standard InChI is InChI=1S/C24H42N6/c1-3-25-24(26-12-4-5-13-29-18-16-28(2)17-19-29)27-20-22-8-10-23(11-9-22)21-30-14-6-7-15-30/h8-11H,3-7,12-21H2,1-2H3,(H2,25,26,27). The normalized spacial score (nSPS) is 19.3. The zero-order chi connectivity index (χ0) is 21.0. The Hall–Kier alpha value is -1.63. The molecule has 168 valence electrons. The number of benzene rings is 1. The second-order valence-corrected chi connectivity index (χ2v) is 8.77. The molecule has 2 aliphatic heterocycles. The predicted molar refractivity (Wildman–Crippen MR) is 127 cm³/mol. The van der Waals surface area contributed by atoms with E-state index < -0.39 is 0 Å². The van der Waals surface area contributed by atoms with Gasteiger partial charge in [0.05, 0.1) is 6.54 Å². The number of piperazine rings is 1. The SMILES string of the molecule is CCNC(=NCc1ccc(CN2CCCC2)cc1)NCCCCN1CCN(C)CC1. The Bertz CT molecular complexity index is 615. The molecule has 0 saturated carbocycles. The van der Waals surface area contributed by atoms with Gasteiger partial charge in [-0.3, -0.25) is 4.90 Å². The van der Waals surface area contributed by atoms with Gasteiger partial charge in [-0.15, -0.1) is 0 Å². The highest BCUT2D eigenvalue weighted by Crippen LogP contribution is 2.13. The van der Waals surface area contributed by atoms with Crippen molar-refractivity contribution < 1.29 is 0 Å². The van der Waals surface area contributed by atoms with Crippen molar-refractivity contribution in [2.75, 3.05) is 66.0 Å². The first-order valence-electron chi connectivity index (χ1n) is 12.0. The number of likely N-dealkylation sites (tertiary alicyclic amines) is 1. The fourth-order valence-corrected chi connectivity index (χ4v) is 4.20. The van der Waals surface area contributed by atoms with E-state index >= 15 is 0 Å². The highest BCUT2D eigenvalue weighted by atomic mass is 15.2. The average Bonchev–Trinajstić information content (AvgIpc) is 3.27. The van der Waals surface area contributed by atoms with E-state index in [1.807, 2.05) is 0 Å². The molecule has 0 aliphatic carbocycles. The second-order valence-electron chi connectivity index (χ2n) is 8.77. The summed E-state index contributed by atoms with van der Waals surface area (Å²) in [5.41, 5.74) is 2.68. The lowest BCUT2D eigenvalue weighted by Crippen LogP contribution is -2.44. The molecule has 2 saturated heterocycles. The third-order valence-corrected chi connectivity index (χ3v) is 6.18. The molecule has 0 bridgehead atoms. The summed E-state index contributed by atoms with van der Waals surface area (Å²) in [6, 6.07) is 8.99. The molecule has 6 heteroatoms. The van der Waals surface area contributed by atoms with Crippen molar-refractivity contribution in [2.45, 2.75) is 45.7 Å². The molecule has 0 unspecified atom stereocenters. The van der Waals surface area contributed by atoms with Gasteiger partial charge in [-0.05, 0) is 70.4 Å². The van der Waals surface area contributed by atoms with E-state index in [-0.39, 0.29) is 0 Å². The topological polar surface area (TPSA) is 46.1 Å². The number of hydrogen-bond acceptors (Lipinski definition) is 4. The Kier molecular flexibility index (Phi) is 9.93. The minimum Gasteiger partial charge on any atom is -0.357 e. The second kappa shape index (κ2) is 12.9. The maximum absolute atomic E-state index is 4.78. The van der Waals surface area contributed by atoms with E-state index in [1.165, 1.54) is 82.6 Å². The summed E-state index contributed by atoms with van der Waals surface area (Å²) in [5, 5.41) is 6.87. The maximum atomic E-state index is 4.78. The lowest BCUT2D eigenvalue weighted by molar-refractivity contribution is 0.152. The molecular weight excluding hydrogens is 372 g/mol. The zero-order valence-electron chi connectivity index (χ0n) is 19.2. The summed E-state index contributed by atoms with van der Waals surface area (Å²) in [7, 11) is 2.21. The number of guanidine groups is 1. The van der Waals surface area contributed by atoms with Crippen molar-refractivity contribution in [1.29, 1.82) is 0 Å². The molecule has 2 heterocycles. The van der Waals surface area contributed by atoms with Crippen molar-refractivity contribution in [3.05, 3.63) is 35.4 Å². The molecule has 2 aliphatic rings. The monoisotopic (exact) mass is 414 g/mol. The Morgan fingerprint density at radius 3 is 2.27 bits per heavy atom. The van der Waals surface area contributed by atoms with Crippen LogP contribution < -0.4 is 10.6 Å². The molecule has 6 nitrogen and oxygen atoms in total. The van der Waals surface area contributed by atoms with Crippen LogP contribution in [0.5, 0.6) is 0 Å². The van der Waals surface area contributed by atoms with Crippen molar-refractivity contribution in [3.63, 3.8) is 0 Å². The summed E-state index contributed by atoms with van der Waals surface area (Å²) >= 11 is 0. The minimum absolute atomic E-state index is 0.723. The highest BCUT2D eigenvalue weighted by molar-refractivity contribution is 5.79. The van der Waals surface area contributed by atoms with Gasteiger partial charge in [0.15, 0.2) is 5.96 Å². The molecule has 0 atom stereocenters. The van der Waals surface area contributed by atoms with Crippen LogP contribution in [0.25, 0.3) is 0 Å². The van der Waals surface area contributed by atoms with Crippen molar-refractivity contribution in [1.82, 2.24) is 25.3 Å². The lowest BCUT2D eigenvalue weighted by atomic mass is 10.1. The van der Waals surface area contributed by atoms with Crippen LogP contribution in [0.1, 0.15) is 43.7 Å². The van der Waals surface area contributed by atoms with Gasteiger partial charge in [-0.2, -0.15) is 0 Å². The van der Waals surface area contributed by atoms with E-state index in [0.717, 1.165) is 32.1 Å². The highest BCUT2D eigenvalue weighted by Gasteiger charge is 2.13. The Balaban J connectivity index is 1.35. The quantitative estimate of drug-likeness (QED) is 0.350. The van der Waals surface area contributed by atoms with E-state index in [2.05, 4.69) is 63.6 Å². The van der Waals surface area contributed by atoms with Crippen LogP contribution in [0.3, 0.4) is 0 Å². The van der Waals surface area contributed by atoms with Crippen LogP contribution in [0.15, 0.2) is 29.3 Å². The summed E-state index contributed by atoms with van der Waals surface area (Å²) in [4.78, 5) is 12.3. The van der Waals surface area contributed by atoms with Gasteiger partial charge in [0, 0.05) is 45.8 Å². The minimum atomic E-state index is 0.723. The Morgan fingerprint density at radius 1 is 0.867 bits per heavy atom. The third-order valence-electron chi connectivity index (χ3n) is 6.18. The zero-order valence-corrected chi connectivity index (χ0v) is 19.2. The van der Waals surface area contributed by atoms with Crippen LogP contribution >= 0.6 is 0 Å². The number of nitrogens with zero attached hydrogens (tertiary/aromatic N) is 4. The molecule has 2 fully saturated rings. The third kappa shape index (κ3) is 8.25. The first-order valence-corrected chi connectivity index (χ1v) is 12.0. The summed E-state index contributed by atoms with van der Waals surface area (Å²) in [6.07, 6.45) is 5.13. The first-order chi connectivity index (χ1) is 14.7. The lowest BCUT2D eigenvalue weighted by Gasteiger charge is -2.32. The maximum Gasteiger partial charge on any atom is 0.191 e. The average molecular weight is 415 g/mol. The number of hydrogen-bond donors (Lipinski definition) is 2. The molecule has 3 rings (SSSR count). The van der Waals surface area contributed by atoms with E-state index in [4.69, 9.17) is 4.99 Å². The fourth-order valence-electron chi connectivity index (χ4n) is 4.20. The number of rotatable bonds is 10. The van der Waals surface area contributed by atoms with Gasteiger partial charge in [0.1, 0.15) is 0 Å². The largest absolute Gasteiger partial charge is 0.357 e. The number of unbranched alkanes of at least 4 members (excludes halogenated alkanes) is 1. The van der Waals surface area contributed by atoms with Crippen molar-refractivity contribution in [3.8, 4) is 0 Å². The van der Waals surface area contributed by atoms with Crippen LogP contribution in [-0.2, 0) is 13.1 Å². The van der Waals surface area contributed by atoms with Crippen LogP contribution in [-0.4, -0.2) is 86.6 Å². The Labute approximate surface area is 183 Å². The first kappa shape index (κ1) is 23.0.